The third-order valence-electron chi connectivity index (χ3n) is 4.72. The molecule has 2 fully saturated rings. The maximum absolute atomic E-state index is 12.1. The zero-order chi connectivity index (χ0) is 15.2. The molecule has 0 saturated carbocycles. The molecule has 2 aliphatic rings. The molecule has 120 valence electrons. The summed E-state index contributed by atoms with van der Waals surface area (Å²) in [7, 11) is 0. The first-order valence-corrected chi connectivity index (χ1v) is 8.43. The number of ether oxygens (including phenoxy) is 1. The Kier molecular flexibility index (Phi) is 5.46. The molecule has 22 heavy (non-hydrogen) atoms. The fraction of sp³-hybridized carbons (Fsp3) is 0.611. The van der Waals surface area contributed by atoms with Crippen LogP contribution in [0.3, 0.4) is 0 Å². The van der Waals surface area contributed by atoms with Crippen molar-refractivity contribution in [2.75, 3.05) is 32.8 Å². The van der Waals surface area contributed by atoms with E-state index in [-0.39, 0.29) is 11.8 Å². The predicted molar refractivity (Wildman–Crippen MR) is 86.4 cm³/mol. The van der Waals surface area contributed by atoms with Gasteiger partial charge in [-0.1, -0.05) is 30.3 Å². The summed E-state index contributed by atoms with van der Waals surface area (Å²) in [5.74, 6) is 0.824. The maximum atomic E-state index is 12.1. The minimum Gasteiger partial charge on any atom is -0.381 e. The van der Waals surface area contributed by atoms with Crippen LogP contribution in [0.1, 0.15) is 24.8 Å². The van der Waals surface area contributed by atoms with Crippen LogP contribution in [0, 0.1) is 11.8 Å². The highest BCUT2D eigenvalue weighted by molar-refractivity contribution is 5.78. The number of hydrogen-bond donors (Lipinski definition) is 1. The largest absolute Gasteiger partial charge is 0.381 e. The van der Waals surface area contributed by atoms with Crippen molar-refractivity contribution in [2.45, 2.75) is 25.8 Å². The monoisotopic (exact) mass is 302 g/mol. The molecule has 1 N–H and O–H groups in total. The summed E-state index contributed by atoms with van der Waals surface area (Å²) in [6.45, 7) is 5.39. The van der Waals surface area contributed by atoms with Gasteiger partial charge in [0.2, 0.25) is 5.91 Å². The molecule has 0 aliphatic carbocycles. The van der Waals surface area contributed by atoms with Gasteiger partial charge in [-0.3, -0.25) is 9.69 Å². The lowest BCUT2D eigenvalue weighted by atomic mass is 9.97. The molecule has 2 unspecified atom stereocenters. The van der Waals surface area contributed by atoms with Gasteiger partial charge in [-0.25, -0.2) is 0 Å². The second-order valence-electron chi connectivity index (χ2n) is 6.53. The number of piperidine rings is 1. The van der Waals surface area contributed by atoms with Crippen molar-refractivity contribution in [3.05, 3.63) is 35.9 Å². The van der Waals surface area contributed by atoms with Crippen LogP contribution >= 0.6 is 0 Å². The van der Waals surface area contributed by atoms with Crippen molar-refractivity contribution in [1.82, 2.24) is 10.2 Å². The number of benzene rings is 1. The summed E-state index contributed by atoms with van der Waals surface area (Å²) < 4.78 is 5.28. The first-order valence-electron chi connectivity index (χ1n) is 8.43. The Hall–Kier alpha value is -1.39. The Bertz CT molecular complexity index is 471. The Morgan fingerprint density at radius 2 is 2.14 bits per heavy atom. The van der Waals surface area contributed by atoms with Crippen molar-refractivity contribution in [3.8, 4) is 0 Å². The van der Waals surface area contributed by atoms with Crippen molar-refractivity contribution in [1.29, 1.82) is 0 Å². The Labute approximate surface area is 132 Å². The van der Waals surface area contributed by atoms with Crippen LogP contribution in [0.25, 0.3) is 0 Å². The number of likely N-dealkylation sites (tertiary alicyclic amines) is 1. The number of amides is 1. The first-order chi connectivity index (χ1) is 10.8. The van der Waals surface area contributed by atoms with E-state index in [0.29, 0.717) is 12.5 Å². The molecule has 0 bridgehead atoms. The Balaban J connectivity index is 1.43. The van der Waals surface area contributed by atoms with Gasteiger partial charge in [0.1, 0.15) is 0 Å². The van der Waals surface area contributed by atoms with Gasteiger partial charge in [0.15, 0.2) is 0 Å². The number of hydrogen-bond acceptors (Lipinski definition) is 3. The van der Waals surface area contributed by atoms with E-state index in [2.05, 4.69) is 40.5 Å². The third-order valence-corrected chi connectivity index (χ3v) is 4.72. The van der Waals surface area contributed by atoms with E-state index < -0.39 is 0 Å². The molecular formula is C18H26N2O2. The molecule has 2 saturated heterocycles. The topological polar surface area (TPSA) is 41.6 Å². The summed E-state index contributed by atoms with van der Waals surface area (Å²) in [6, 6.07) is 10.6. The maximum Gasteiger partial charge on any atom is 0.225 e. The Morgan fingerprint density at radius 1 is 1.27 bits per heavy atom. The van der Waals surface area contributed by atoms with Crippen LogP contribution in [0.5, 0.6) is 0 Å². The van der Waals surface area contributed by atoms with E-state index in [0.717, 1.165) is 39.2 Å². The highest BCUT2D eigenvalue weighted by atomic mass is 16.5. The van der Waals surface area contributed by atoms with Gasteiger partial charge in [0.25, 0.3) is 0 Å². The number of rotatable bonds is 5. The quantitative estimate of drug-likeness (QED) is 0.905. The fourth-order valence-corrected chi connectivity index (χ4v) is 3.43. The Morgan fingerprint density at radius 3 is 2.91 bits per heavy atom. The van der Waals surface area contributed by atoms with Crippen LogP contribution in [-0.4, -0.2) is 43.7 Å². The lowest BCUT2D eigenvalue weighted by Gasteiger charge is -2.33. The van der Waals surface area contributed by atoms with Gasteiger partial charge in [-0.2, -0.15) is 0 Å². The molecule has 2 atom stereocenters. The van der Waals surface area contributed by atoms with Crippen LogP contribution in [-0.2, 0) is 16.1 Å². The zero-order valence-electron chi connectivity index (χ0n) is 13.2. The van der Waals surface area contributed by atoms with Gasteiger partial charge in [-0.15, -0.1) is 0 Å². The molecule has 4 nitrogen and oxygen atoms in total. The molecule has 1 aromatic rings. The minimum absolute atomic E-state index is 0.0732. The van der Waals surface area contributed by atoms with Crippen molar-refractivity contribution in [3.63, 3.8) is 0 Å². The van der Waals surface area contributed by atoms with Gasteiger partial charge in [0.05, 0.1) is 12.5 Å². The third kappa shape index (κ3) is 4.31. The number of nitrogens with zero attached hydrogens (tertiary/aromatic N) is 1. The number of carbonyl (C=O) groups excluding carboxylic acids is 1. The van der Waals surface area contributed by atoms with Crippen molar-refractivity contribution < 1.29 is 9.53 Å². The summed E-state index contributed by atoms with van der Waals surface area (Å²) in [5, 5.41) is 3.13. The van der Waals surface area contributed by atoms with E-state index in [1.165, 1.54) is 18.4 Å². The van der Waals surface area contributed by atoms with Gasteiger partial charge in [-0.05, 0) is 37.3 Å². The molecule has 0 spiro atoms. The van der Waals surface area contributed by atoms with Crippen LogP contribution < -0.4 is 5.32 Å². The number of nitrogens with one attached hydrogen (secondary N) is 1. The summed E-state index contributed by atoms with van der Waals surface area (Å²) in [5.41, 5.74) is 1.37. The smallest absolute Gasteiger partial charge is 0.225 e. The molecule has 2 heterocycles. The average molecular weight is 302 g/mol. The highest BCUT2D eigenvalue weighted by Crippen LogP contribution is 2.19. The van der Waals surface area contributed by atoms with E-state index in [1.54, 1.807) is 0 Å². The summed E-state index contributed by atoms with van der Waals surface area (Å²) in [4.78, 5) is 14.6. The molecule has 0 aromatic heterocycles. The molecule has 0 radical (unpaired) electrons. The highest BCUT2D eigenvalue weighted by Gasteiger charge is 2.25. The number of carbonyl (C=O) groups is 1. The standard InChI is InChI=1S/C18H26N2O2/c21-18(17-8-10-22-14-17)19-11-16-7-4-9-20(13-16)12-15-5-2-1-3-6-15/h1-3,5-6,16-17H,4,7-14H2,(H,19,21). The summed E-state index contributed by atoms with van der Waals surface area (Å²) in [6.07, 6.45) is 3.31. The van der Waals surface area contributed by atoms with Gasteiger partial charge in [0, 0.05) is 26.2 Å². The van der Waals surface area contributed by atoms with Gasteiger partial charge >= 0.3 is 0 Å². The minimum atomic E-state index is 0.0732. The van der Waals surface area contributed by atoms with Crippen LogP contribution in [0.15, 0.2) is 30.3 Å². The van der Waals surface area contributed by atoms with Crippen LogP contribution in [0.2, 0.25) is 0 Å². The molecule has 1 amide bonds. The molecular weight excluding hydrogens is 276 g/mol. The molecule has 3 rings (SSSR count). The molecule has 2 aliphatic heterocycles. The van der Waals surface area contributed by atoms with E-state index in [1.807, 2.05) is 0 Å². The molecule has 4 heteroatoms. The van der Waals surface area contributed by atoms with Gasteiger partial charge < -0.3 is 10.1 Å². The van der Waals surface area contributed by atoms with Crippen molar-refractivity contribution in [2.24, 2.45) is 11.8 Å². The zero-order valence-corrected chi connectivity index (χ0v) is 13.2. The second kappa shape index (κ2) is 7.75. The van der Waals surface area contributed by atoms with E-state index in [9.17, 15) is 4.79 Å². The fourth-order valence-electron chi connectivity index (χ4n) is 3.43. The average Bonchev–Trinajstić information content (AvgIpc) is 3.08. The first kappa shape index (κ1) is 15.5. The van der Waals surface area contributed by atoms with E-state index >= 15 is 0 Å². The van der Waals surface area contributed by atoms with Crippen molar-refractivity contribution >= 4 is 5.91 Å². The van der Waals surface area contributed by atoms with E-state index in [4.69, 9.17) is 4.74 Å². The second-order valence-corrected chi connectivity index (χ2v) is 6.53. The lowest BCUT2D eigenvalue weighted by Crippen LogP contribution is -2.42. The predicted octanol–water partition coefficient (Wildman–Crippen LogP) is 2.05. The lowest BCUT2D eigenvalue weighted by molar-refractivity contribution is -0.125. The normalized spacial score (nSPS) is 26.0. The van der Waals surface area contributed by atoms with Crippen LogP contribution in [0.4, 0.5) is 0 Å². The SMILES string of the molecule is O=C(NCC1CCCN(Cc2ccccc2)C1)C1CCOC1. The summed E-state index contributed by atoms with van der Waals surface area (Å²) >= 11 is 0. The molecule has 1 aromatic carbocycles.